The van der Waals surface area contributed by atoms with Crippen molar-refractivity contribution in [2.75, 3.05) is 12.9 Å². The van der Waals surface area contributed by atoms with E-state index in [1.165, 1.54) is 11.8 Å². The quantitative estimate of drug-likeness (QED) is 0.604. The third kappa shape index (κ3) is 4.83. The van der Waals surface area contributed by atoms with E-state index in [4.69, 9.17) is 14.7 Å². The summed E-state index contributed by atoms with van der Waals surface area (Å²) < 4.78 is 10.3. The van der Waals surface area contributed by atoms with Crippen LogP contribution in [0.3, 0.4) is 0 Å². The maximum absolute atomic E-state index is 11.7. The van der Waals surface area contributed by atoms with Crippen LogP contribution in [0.4, 0.5) is 0 Å². The van der Waals surface area contributed by atoms with Crippen LogP contribution in [0.15, 0.2) is 53.4 Å². The van der Waals surface area contributed by atoms with E-state index in [9.17, 15) is 4.79 Å². The highest BCUT2D eigenvalue weighted by atomic mass is 32.2. The zero-order valence-electron chi connectivity index (χ0n) is 12.1. The number of methoxy groups -OCH3 is 1. The van der Waals surface area contributed by atoms with E-state index in [1.807, 2.05) is 30.3 Å². The molecule has 0 spiro atoms. The van der Waals surface area contributed by atoms with Crippen LogP contribution in [0.2, 0.25) is 0 Å². The Balaban J connectivity index is 1.76. The first kappa shape index (κ1) is 15.9. The molecule has 0 aromatic heterocycles. The lowest BCUT2D eigenvalue weighted by Crippen LogP contribution is -2.07. The van der Waals surface area contributed by atoms with Crippen molar-refractivity contribution in [2.45, 2.75) is 11.5 Å². The van der Waals surface area contributed by atoms with Gasteiger partial charge in [-0.1, -0.05) is 12.1 Å². The molecule has 0 saturated carbocycles. The van der Waals surface area contributed by atoms with Gasteiger partial charge < -0.3 is 9.47 Å². The highest BCUT2D eigenvalue weighted by Gasteiger charge is 2.05. The van der Waals surface area contributed by atoms with Crippen molar-refractivity contribution >= 4 is 17.7 Å². The van der Waals surface area contributed by atoms with Crippen molar-refractivity contribution in [3.05, 3.63) is 59.7 Å². The first-order chi connectivity index (χ1) is 10.7. The Morgan fingerprint density at radius 3 is 2.41 bits per heavy atom. The molecule has 0 radical (unpaired) electrons. The lowest BCUT2D eigenvalue weighted by molar-refractivity contribution is -0.141. The van der Waals surface area contributed by atoms with Gasteiger partial charge >= 0.3 is 5.97 Å². The van der Waals surface area contributed by atoms with Crippen molar-refractivity contribution in [3.63, 3.8) is 0 Å². The van der Waals surface area contributed by atoms with Gasteiger partial charge in [0.05, 0.1) is 24.5 Å². The molecule has 0 unspecified atom stereocenters. The second-order valence-corrected chi connectivity index (χ2v) is 5.48. The SMILES string of the molecule is COc1ccc(SCC(=O)OCc2ccc(C#N)cc2)cc1. The summed E-state index contributed by atoms with van der Waals surface area (Å²) in [5, 5.41) is 8.71. The fraction of sp³-hybridized carbons (Fsp3) is 0.176. The van der Waals surface area contributed by atoms with Gasteiger partial charge in [-0.25, -0.2) is 0 Å². The number of ether oxygens (including phenoxy) is 2. The number of thioether (sulfide) groups is 1. The number of carbonyl (C=O) groups excluding carboxylic acids is 1. The minimum atomic E-state index is -0.273. The fourth-order valence-corrected chi connectivity index (χ4v) is 2.39. The molecule has 2 rings (SSSR count). The van der Waals surface area contributed by atoms with E-state index in [1.54, 1.807) is 31.4 Å². The van der Waals surface area contributed by atoms with Crippen LogP contribution < -0.4 is 4.74 Å². The van der Waals surface area contributed by atoms with Gasteiger partial charge in [-0.05, 0) is 42.0 Å². The summed E-state index contributed by atoms with van der Waals surface area (Å²) in [5.74, 6) is 0.765. The molecule has 0 bridgehead atoms. The fourth-order valence-electron chi connectivity index (χ4n) is 1.70. The second kappa shape index (κ2) is 8.11. The molecular formula is C17H15NO3S. The maximum Gasteiger partial charge on any atom is 0.316 e. The Hall–Kier alpha value is -2.45. The molecule has 0 atom stereocenters. The molecule has 0 aliphatic rings. The summed E-state index contributed by atoms with van der Waals surface area (Å²) in [4.78, 5) is 12.7. The predicted molar refractivity (Wildman–Crippen MR) is 84.7 cm³/mol. The van der Waals surface area contributed by atoms with Crippen LogP contribution in [-0.4, -0.2) is 18.8 Å². The number of nitriles is 1. The largest absolute Gasteiger partial charge is 0.497 e. The predicted octanol–water partition coefficient (Wildman–Crippen LogP) is 3.40. The van der Waals surface area contributed by atoms with E-state index in [2.05, 4.69) is 0 Å². The highest BCUT2D eigenvalue weighted by molar-refractivity contribution is 8.00. The normalized spacial score (nSPS) is 9.82. The van der Waals surface area contributed by atoms with Gasteiger partial charge in [-0.15, -0.1) is 11.8 Å². The third-order valence-corrected chi connectivity index (χ3v) is 3.88. The number of hydrogen-bond donors (Lipinski definition) is 0. The monoisotopic (exact) mass is 313 g/mol. The van der Waals surface area contributed by atoms with Gasteiger partial charge in [0.15, 0.2) is 0 Å². The molecule has 0 saturated heterocycles. The zero-order valence-corrected chi connectivity index (χ0v) is 12.9. The Morgan fingerprint density at radius 2 is 1.82 bits per heavy atom. The minimum absolute atomic E-state index is 0.216. The van der Waals surface area contributed by atoms with E-state index >= 15 is 0 Å². The smallest absolute Gasteiger partial charge is 0.316 e. The molecule has 2 aromatic carbocycles. The number of esters is 1. The van der Waals surface area contributed by atoms with Crippen molar-refractivity contribution in [3.8, 4) is 11.8 Å². The van der Waals surface area contributed by atoms with Crippen LogP contribution in [-0.2, 0) is 16.1 Å². The summed E-state index contributed by atoms with van der Waals surface area (Å²) in [6, 6.07) is 16.5. The summed E-state index contributed by atoms with van der Waals surface area (Å²) in [6.45, 7) is 0.216. The van der Waals surface area contributed by atoms with Gasteiger partial charge in [0, 0.05) is 4.90 Å². The minimum Gasteiger partial charge on any atom is -0.497 e. The molecule has 0 N–H and O–H groups in total. The van der Waals surface area contributed by atoms with Crippen molar-refractivity contribution in [2.24, 2.45) is 0 Å². The lowest BCUT2D eigenvalue weighted by atomic mass is 10.2. The number of rotatable bonds is 6. The molecule has 0 aliphatic carbocycles. The maximum atomic E-state index is 11.7. The molecule has 0 aliphatic heterocycles. The molecule has 0 amide bonds. The molecule has 4 nitrogen and oxygen atoms in total. The van der Waals surface area contributed by atoms with E-state index in [0.29, 0.717) is 5.56 Å². The Bertz CT molecular complexity index is 660. The summed E-state index contributed by atoms with van der Waals surface area (Å²) in [7, 11) is 1.61. The number of carbonyl (C=O) groups is 1. The van der Waals surface area contributed by atoms with Gasteiger partial charge in [-0.3, -0.25) is 4.79 Å². The first-order valence-electron chi connectivity index (χ1n) is 6.63. The first-order valence-corrected chi connectivity index (χ1v) is 7.61. The zero-order chi connectivity index (χ0) is 15.8. The summed E-state index contributed by atoms with van der Waals surface area (Å²) >= 11 is 1.42. The highest BCUT2D eigenvalue weighted by Crippen LogP contribution is 2.21. The summed E-state index contributed by atoms with van der Waals surface area (Å²) in [6.07, 6.45) is 0. The van der Waals surface area contributed by atoms with Crippen LogP contribution in [0.1, 0.15) is 11.1 Å². The third-order valence-electron chi connectivity index (χ3n) is 2.90. The Labute approximate surface area is 133 Å². The molecule has 0 fully saturated rings. The van der Waals surface area contributed by atoms with Crippen LogP contribution in [0, 0.1) is 11.3 Å². The Morgan fingerprint density at radius 1 is 1.14 bits per heavy atom. The summed E-state index contributed by atoms with van der Waals surface area (Å²) in [5.41, 5.74) is 1.45. The van der Waals surface area contributed by atoms with E-state index < -0.39 is 0 Å². The molecule has 2 aromatic rings. The van der Waals surface area contributed by atoms with E-state index in [0.717, 1.165) is 16.2 Å². The van der Waals surface area contributed by atoms with Gasteiger partial charge in [-0.2, -0.15) is 5.26 Å². The van der Waals surface area contributed by atoms with Gasteiger partial charge in [0.1, 0.15) is 12.4 Å². The van der Waals surface area contributed by atoms with Gasteiger partial charge in [0.2, 0.25) is 0 Å². The molecule has 5 heteroatoms. The molecule has 0 heterocycles. The Kier molecular flexibility index (Phi) is 5.87. The van der Waals surface area contributed by atoms with E-state index in [-0.39, 0.29) is 18.3 Å². The van der Waals surface area contributed by atoms with Crippen molar-refractivity contribution in [1.29, 1.82) is 5.26 Å². The lowest BCUT2D eigenvalue weighted by Gasteiger charge is -2.06. The molecule has 112 valence electrons. The van der Waals surface area contributed by atoms with Crippen molar-refractivity contribution < 1.29 is 14.3 Å². The van der Waals surface area contributed by atoms with Crippen LogP contribution >= 0.6 is 11.8 Å². The van der Waals surface area contributed by atoms with Crippen LogP contribution in [0.25, 0.3) is 0 Å². The number of nitrogens with zero attached hydrogens (tertiary/aromatic N) is 1. The average Bonchev–Trinajstić information content (AvgIpc) is 2.59. The molecular weight excluding hydrogens is 298 g/mol. The number of hydrogen-bond acceptors (Lipinski definition) is 5. The average molecular weight is 313 g/mol. The number of benzene rings is 2. The molecule has 22 heavy (non-hydrogen) atoms. The standard InChI is InChI=1S/C17H15NO3S/c1-20-15-6-8-16(9-7-15)22-12-17(19)21-11-14-4-2-13(10-18)3-5-14/h2-9H,11-12H2,1H3. The van der Waals surface area contributed by atoms with Gasteiger partial charge in [0.25, 0.3) is 0 Å². The van der Waals surface area contributed by atoms with Crippen LogP contribution in [0.5, 0.6) is 5.75 Å². The second-order valence-electron chi connectivity index (χ2n) is 4.43. The topological polar surface area (TPSA) is 59.3 Å². The van der Waals surface area contributed by atoms with Crippen molar-refractivity contribution in [1.82, 2.24) is 0 Å².